The second kappa shape index (κ2) is 8.97. The highest BCUT2D eigenvalue weighted by atomic mass is 32.2. The number of hydrogen-bond acceptors (Lipinski definition) is 5. The van der Waals surface area contributed by atoms with Crippen molar-refractivity contribution in [3.63, 3.8) is 0 Å². The lowest BCUT2D eigenvalue weighted by Gasteiger charge is -2.16. The number of thiazole rings is 1. The first-order valence-corrected chi connectivity index (χ1v) is 12.7. The van der Waals surface area contributed by atoms with Crippen molar-refractivity contribution in [2.24, 2.45) is 0 Å². The van der Waals surface area contributed by atoms with Crippen molar-refractivity contribution in [2.75, 3.05) is 18.4 Å². The van der Waals surface area contributed by atoms with Crippen LogP contribution in [-0.4, -0.2) is 35.9 Å². The average Bonchev–Trinajstić information content (AvgIpc) is 3.42. The molecule has 1 aliphatic rings. The number of fused-ring (bicyclic) bond motifs is 1. The molecule has 6 nitrogen and oxygen atoms in total. The predicted molar refractivity (Wildman–Crippen MR) is 126 cm³/mol. The summed E-state index contributed by atoms with van der Waals surface area (Å²) in [7, 11) is -3.38. The molecule has 0 radical (unpaired) electrons. The highest BCUT2D eigenvalue weighted by Crippen LogP contribution is 2.25. The molecule has 3 aromatic rings. The van der Waals surface area contributed by atoms with E-state index < -0.39 is 10.0 Å². The molecule has 1 aromatic heterocycles. The number of aromatic nitrogens is 1. The van der Waals surface area contributed by atoms with E-state index in [0.717, 1.165) is 45.7 Å². The molecule has 1 saturated heterocycles. The number of aryl methyl sites for hydroxylation is 1. The minimum atomic E-state index is -3.38. The fourth-order valence-corrected chi connectivity index (χ4v) is 6.07. The molecule has 1 aliphatic heterocycles. The minimum Gasteiger partial charge on any atom is -0.358 e. The van der Waals surface area contributed by atoms with Gasteiger partial charge in [0, 0.05) is 25.3 Å². The lowest BCUT2D eigenvalue weighted by atomic mass is 10.2. The van der Waals surface area contributed by atoms with Crippen LogP contribution in [0.3, 0.4) is 0 Å². The van der Waals surface area contributed by atoms with Gasteiger partial charge in [0.15, 0.2) is 5.11 Å². The molecule has 0 unspecified atom stereocenters. The molecule has 4 rings (SSSR count). The topological polar surface area (TPSA) is 74.3 Å². The average molecular weight is 461 g/mol. The zero-order valence-corrected chi connectivity index (χ0v) is 19.2. The van der Waals surface area contributed by atoms with Gasteiger partial charge in [-0.05, 0) is 67.4 Å². The van der Waals surface area contributed by atoms with E-state index in [1.165, 1.54) is 0 Å². The van der Waals surface area contributed by atoms with E-state index in [2.05, 4.69) is 28.6 Å². The summed E-state index contributed by atoms with van der Waals surface area (Å²) in [6, 6.07) is 13.0. The third-order valence-electron chi connectivity index (χ3n) is 5.07. The Balaban J connectivity index is 1.34. The Kier molecular flexibility index (Phi) is 6.33. The van der Waals surface area contributed by atoms with Crippen LogP contribution in [0.4, 0.5) is 5.69 Å². The lowest BCUT2D eigenvalue weighted by Crippen LogP contribution is -2.28. The van der Waals surface area contributed by atoms with Crippen LogP contribution in [0.1, 0.15) is 30.3 Å². The molecule has 0 bridgehead atoms. The summed E-state index contributed by atoms with van der Waals surface area (Å²) in [4.78, 5) is 4.92. The predicted octanol–water partition coefficient (Wildman–Crippen LogP) is 4.13. The Morgan fingerprint density at radius 3 is 2.60 bits per heavy atom. The zero-order valence-electron chi connectivity index (χ0n) is 16.7. The number of nitrogens with zero attached hydrogens (tertiary/aromatic N) is 2. The van der Waals surface area contributed by atoms with E-state index >= 15 is 0 Å². The molecule has 0 aliphatic carbocycles. The fourth-order valence-electron chi connectivity index (χ4n) is 3.42. The van der Waals surface area contributed by atoms with E-state index in [1.807, 2.05) is 24.3 Å². The Morgan fingerprint density at radius 2 is 1.90 bits per heavy atom. The van der Waals surface area contributed by atoms with Gasteiger partial charge in [0.05, 0.1) is 20.1 Å². The van der Waals surface area contributed by atoms with Gasteiger partial charge >= 0.3 is 0 Å². The number of thiocarbonyl (C=S) groups is 1. The van der Waals surface area contributed by atoms with E-state index in [1.54, 1.807) is 27.8 Å². The van der Waals surface area contributed by atoms with Crippen LogP contribution in [0, 0.1) is 0 Å². The molecule has 158 valence electrons. The van der Waals surface area contributed by atoms with E-state index in [-0.39, 0.29) is 0 Å². The van der Waals surface area contributed by atoms with Gasteiger partial charge < -0.3 is 10.6 Å². The van der Waals surface area contributed by atoms with Crippen molar-refractivity contribution in [2.45, 2.75) is 37.6 Å². The van der Waals surface area contributed by atoms with Crippen molar-refractivity contribution >= 4 is 54.6 Å². The summed E-state index contributed by atoms with van der Waals surface area (Å²) in [5.41, 5.74) is 2.88. The number of anilines is 1. The summed E-state index contributed by atoms with van der Waals surface area (Å²) in [5.74, 6) is 0. The molecular formula is C21H24N4O2S3. The van der Waals surface area contributed by atoms with Crippen molar-refractivity contribution < 1.29 is 8.42 Å². The molecule has 0 atom stereocenters. The number of benzene rings is 2. The molecule has 9 heteroatoms. The van der Waals surface area contributed by atoms with Crippen LogP contribution in [0.15, 0.2) is 47.4 Å². The summed E-state index contributed by atoms with van der Waals surface area (Å²) in [6.07, 6.45) is 2.79. The normalized spacial score (nSPS) is 14.8. The second-order valence-corrected chi connectivity index (χ2v) is 10.7. The monoisotopic (exact) mass is 460 g/mol. The fraction of sp³-hybridized carbons (Fsp3) is 0.333. The van der Waals surface area contributed by atoms with Crippen LogP contribution >= 0.6 is 23.6 Å². The maximum atomic E-state index is 12.6. The summed E-state index contributed by atoms with van der Waals surface area (Å²) in [5, 5.41) is 8.01. The number of hydrogen-bond donors (Lipinski definition) is 2. The number of rotatable bonds is 6. The van der Waals surface area contributed by atoms with Gasteiger partial charge in [-0.1, -0.05) is 19.1 Å². The van der Waals surface area contributed by atoms with E-state index in [0.29, 0.717) is 29.6 Å². The minimum absolute atomic E-state index is 0.346. The molecule has 2 heterocycles. The van der Waals surface area contributed by atoms with Gasteiger partial charge in [-0.2, -0.15) is 4.31 Å². The van der Waals surface area contributed by atoms with Gasteiger partial charge in [-0.25, -0.2) is 13.4 Å². The van der Waals surface area contributed by atoms with Crippen LogP contribution in [0.5, 0.6) is 0 Å². The van der Waals surface area contributed by atoms with Gasteiger partial charge in [-0.3, -0.25) is 0 Å². The molecule has 0 saturated carbocycles. The second-order valence-electron chi connectivity index (χ2n) is 7.21. The number of sulfonamides is 1. The molecule has 1 fully saturated rings. The Labute approximate surface area is 186 Å². The molecular weight excluding hydrogens is 436 g/mol. The van der Waals surface area contributed by atoms with Crippen molar-refractivity contribution in [1.29, 1.82) is 0 Å². The summed E-state index contributed by atoms with van der Waals surface area (Å²) in [6.45, 7) is 3.83. The third-order valence-corrected chi connectivity index (χ3v) is 8.39. The Bertz CT molecular complexity index is 1150. The van der Waals surface area contributed by atoms with Crippen molar-refractivity contribution in [1.82, 2.24) is 14.6 Å². The van der Waals surface area contributed by atoms with Gasteiger partial charge in [0.1, 0.15) is 0 Å². The maximum absolute atomic E-state index is 12.6. The Morgan fingerprint density at radius 1 is 1.17 bits per heavy atom. The standard InChI is InChI=1S/C21H24N4O2S3/c1-2-20-24-18-10-7-16(13-19(18)29-20)23-21(28)22-14-15-5-8-17(9-6-15)30(26,27)25-11-3-4-12-25/h5-10,13H,2-4,11-12,14H2,1H3,(H2,22,23,28). The zero-order chi connectivity index (χ0) is 21.1. The first-order chi connectivity index (χ1) is 14.5. The van der Waals surface area contributed by atoms with Crippen LogP contribution in [0.25, 0.3) is 10.2 Å². The quantitative estimate of drug-likeness (QED) is 0.539. The van der Waals surface area contributed by atoms with Crippen LogP contribution in [-0.2, 0) is 23.0 Å². The maximum Gasteiger partial charge on any atom is 0.243 e. The molecule has 30 heavy (non-hydrogen) atoms. The summed E-state index contributed by atoms with van der Waals surface area (Å²) < 4.78 is 27.9. The van der Waals surface area contributed by atoms with Crippen molar-refractivity contribution in [3.8, 4) is 0 Å². The molecule has 2 aromatic carbocycles. The third kappa shape index (κ3) is 4.64. The van der Waals surface area contributed by atoms with Gasteiger partial charge in [0.2, 0.25) is 10.0 Å². The molecule has 2 N–H and O–H groups in total. The van der Waals surface area contributed by atoms with Crippen molar-refractivity contribution in [3.05, 3.63) is 53.0 Å². The smallest absolute Gasteiger partial charge is 0.243 e. The van der Waals surface area contributed by atoms with E-state index in [9.17, 15) is 8.42 Å². The van der Waals surface area contributed by atoms with Crippen LogP contribution in [0.2, 0.25) is 0 Å². The highest BCUT2D eigenvalue weighted by molar-refractivity contribution is 7.89. The number of nitrogens with one attached hydrogen (secondary N) is 2. The van der Waals surface area contributed by atoms with Gasteiger partial charge in [-0.15, -0.1) is 11.3 Å². The van der Waals surface area contributed by atoms with Crippen LogP contribution < -0.4 is 10.6 Å². The first-order valence-electron chi connectivity index (χ1n) is 9.99. The first kappa shape index (κ1) is 21.2. The molecule has 0 amide bonds. The van der Waals surface area contributed by atoms with Gasteiger partial charge in [0.25, 0.3) is 0 Å². The highest BCUT2D eigenvalue weighted by Gasteiger charge is 2.26. The largest absolute Gasteiger partial charge is 0.358 e. The SMILES string of the molecule is CCc1nc2ccc(NC(=S)NCc3ccc(S(=O)(=O)N4CCCC4)cc3)cc2s1. The lowest BCUT2D eigenvalue weighted by molar-refractivity contribution is 0.477. The Hall–Kier alpha value is -2.07. The molecule has 0 spiro atoms. The van der Waals surface area contributed by atoms with E-state index in [4.69, 9.17) is 12.2 Å². The summed E-state index contributed by atoms with van der Waals surface area (Å²) >= 11 is 7.10.